The van der Waals surface area contributed by atoms with E-state index < -0.39 is 14.9 Å². The van der Waals surface area contributed by atoms with Crippen LogP contribution in [0.5, 0.6) is 0 Å². The number of sulfonamides is 1. The second-order valence-electron chi connectivity index (χ2n) is 6.16. The van der Waals surface area contributed by atoms with Crippen molar-refractivity contribution in [3.8, 4) is 0 Å². The quantitative estimate of drug-likeness (QED) is 0.593. The van der Waals surface area contributed by atoms with Crippen LogP contribution in [0.1, 0.15) is 12.5 Å². The largest absolute Gasteiger partial charge is 0.369 e. The van der Waals surface area contributed by atoms with Gasteiger partial charge in [0, 0.05) is 44.0 Å². The molecule has 1 aliphatic rings. The number of nitro benzene ring substituents is 1. The van der Waals surface area contributed by atoms with Crippen LogP contribution in [0, 0.1) is 10.1 Å². The van der Waals surface area contributed by atoms with Crippen molar-refractivity contribution in [2.24, 2.45) is 0 Å². The van der Waals surface area contributed by atoms with Gasteiger partial charge in [0.25, 0.3) is 5.69 Å². The molecule has 2 aromatic rings. The fourth-order valence-corrected chi connectivity index (χ4v) is 4.44. The van der Waals surface area contributed by atoms with Gasteiger partial charge in [-0.3, -0.25) is 10.1 Å². The van der Waals surface area contributed by atoms with Gasteiger partial charge in [0.05, 0.1) is 9.82 Å². The van der Waals surface area contributed by atoms with Crippen molar-refractivity contribution in [1.29, 1.82) is 0 Å². The minimum Gasteiger partial charge on any atom is -0.369 e. The van der Waals surface area contributed by atoms with E-state index in [0.29, 0.717) is 31.1 Å². The molecule has 0 spiro atoms. The predicted molar refractivity (Wildman–Crippen MR) is 99.9 cm³/mol. The summed E-state index contributed by atoms with van der Waals surface area (Å²) >= 11 is 0. The number of nitrogens with zero attached hydrogens (tertiary/aromatic N) is 3. The Morgan fingerprint density at radius 2 is 1.54 bits per heavy atom. The highest BCUT2D eigenvalue weighted by Gasteiger charge is 2.28. The fraction of sp³-hybridized carbons (Fsp3) is 0.333. The van der Waals surface area contributed by atoms with Crippen LogP contribution in [0.3, 0.4) is 0 Å². The summed E-state index contributed by atoms with van der Waals surface area (Å²) < 4.78 is 27.1. The van der Waals surface area contributed by atoms with E-state index in [4.69, 9.17) is 0 Å². The first-order valence-corrected chi connectivity index (χ1v) is 9.94. The van der Waals surface area contributed by atoms with E-state index in [-0.39, 0.29) is 5.69 Å². The average Bonchev–Trinajstić information content (AvgIpc) is 2.68. The molecule has 0 radical (unpaired) electrons. The Bertz CT molecular complexity index is 872. The zero-order chi connectivity index (χ0) is 18.7. The summed E-state index contributed by atoms with van der Waals surface area (Å²) in [5.74, 6) is 0. The molecule has 0 N–H and O–H groups in total. The van der Waals surface area contributed by atoms with Gasteiger partial charge >= 0.3 is 0 Å². The molecular formula is C18H21N3O4S. The fourth-order valence-electron chi connectivity index (χ4n) is 3.02. The van der Waals surface area contributed by atoms with Gasteiger partial charge in [-0.2, -0.15) is 4.31 Å². The highest BCUT2D eigenvalue weighted by Crippen LogP contribution is 2.23. The first-order chi connectivity index (χ1) is 12.4. The number of benzene rings is 2. The highest BCUT2D eigenvalue weighted by molar-refractivity contribution is 7.89. The Kier molecular flexibility index (Phi) is 5.24. The number of anilines is 1. The van der Waals surface area contributed by atoms with Gasteiger partial charge in [-0.25, -0.2) is 8.42 Å². The number of non-ortho nitro benzene ring substituents is 1. The molecule has 0 amide bonds. The SMILES string of the molecule is CCc1ccc(S(=O)(=O)N2CCN(c3ccc([N+](=O)[O-])cc3)CC2)cc1. The average molecular weight is 375 g/mol. The molecule has 0 aromatic heterocycles. The zero-order valence-electron chi connectivity index (χ0n) is 14.5. The van der Waals surface area contributed by atoms with Crippen LogP contribution in [0.15, 0.2) is 53.4 Å². The molecule has 26 heavy (non-hydrogen) atoms. The third-order valence-corrected chi connectivity index (χ3v) is 6.55. The lowest BCUT2D eigenvalue weighted by Crippen LogP contribution is -2.48. The van der Waals surface area contributed by atoms with Gasteiger partial charge in [-0.05, 0) is 36.2 Å². The molecule has 8 heteroatoms. The van der Waals surface area contributed by atoms with Crippen LogP contribution in [-0.2, 0) is 16.4 Å². The van der Waals surface area contributed by atoms with Crippen LogP contribution in [0.25, 0.3) is 0 Å². The second kappa shape index (κ2) is 7.43. The molecular weight excluding hydrogens is 354 g/mol. The molecule has 1 aliphatic heterocycles. The van der Waals surface area contributed by atoms with E-state index in [1.165, 1.54) is 16.4 Å². The van der Waals surface area contributed by atoms with Crippen molar-refractivity contribution in [2.45, 2.75) is 18.2 Å². The summed E-state index contributed by atoms with van der Waals surface area (Å²) in [4.78, 5) is 12.7. The number of rotatable bonds is 5. The topological polar surface area (TPSA) is 83.8 Å². The second-order valence-corrected chi connectivity index (χ2v) is 8.10. The van der Waals surface area contributed by atoms with Gasteiger partial charge < -0.3 is 4.90 Å². The molecule has 0 atom stereocenters. The Balaban J connectivity index is 1.68. The molecule has 0 saturated carbocycles. The lowest BCUT2D eigenvalue weighted by molar-refractivity contribution is -0.384. The molecule has 0 aliphatic carbocycles. The van der Waals surface area contributed by atoms with Gasteiger partial charge in [0.15, 0.2) is 0 Å². The molecule has 0 bridgehead atoms. The molecule has 1 saturated heterocycles. The van der Waals surface area contributed by atoms with Crippen molar-refractivity contribution in [3.05, 3.63) is 64.2 Å². The lowest BCUT2D eigenvalue weighted by atomic mass is 10.2. The maximum absolute atomic E-state index is 12.8. The summed E-state index contributed by atoms with van der Waals surface area (Å²) in [6.45, 7) is 3.89. The van der Waals surface area contributed by atoms with E-state index in [1.807, 2.05) is 24.0 Å². The standard InChI is InChI=1S/C18H21N3O4S/c1-2-15-3-9-18(10-4-15)26(24,25)20-13-11-19(12-14-20)16-5-7-17(8-6-16)21(22)23/h3-10H,2,11-14H2,1H3. The van der Waals surface area contributed by atoms with E-state index in [0.717, 1.165) is 17.7 Å². The van der Waals surface area contributed by atoms with Crippen LogP contribution in [0.4, 0.5) is 11.4 Å². The number of piperazine rings is 1. The van der Waals surface area contributed by atoms with Gasteiger partial charge in [-0.1, -0.05) is 19.1 Å². The molecule has 138 valence electrons. The van der Waals surface area contributed by atoms with Crippen LogP contribution in [-0.4, -0.2) is 43.8 Å². The van der Waals surface area contributed by atoms with Crippen molar-refractivity contribution >= 4 is 21.4 Å². The maximum atomic E-state index is 12.8. The van der Waals surface area contributed by atoms with Crippen molar-refractivity contribution in [1.82, 2.24) is 4.31 Å². The number of hydrogen-bond acceptors (Lipinski definition) is 5. The highest BCUT2D eigenvalue weighted by atomic mass is 32.2. The number of aryl methyl sites for hydroxylation is 1. The normalized spacial score (nSPS) is 15.8. The summed E-state index contributed by atoms with van der Waals surface area (Å²) in [6, 6.07) is 13.4. The number of nitro groups is 1. The van der Waals surface area contributed by atoms with E-state index in [9.17, 15) is 18.5 Å². The molecule has 0 unspecified atom stereocenters. The molecule has 2 aromatic carbocycles. The first-order valence-electron chi connectivity index (χ1n) is 8.50. The van der Waals surface area contributed by atoms with Gasteiger partial charge in [0.2, 0.25) is 10.0 Å². The molecule has 1 heterocycles. The minimum absolute atomic E-state index is 0.0467. The maximum Gasteiger partial charge on any atom is 0.269 e. The van der Waals surface area contributed by atoms with E-state index in [1.54, 1.807) is 24.3 Å². The van der Waals surface area contributed by atoms with Crippen molar-refractivity contribution < 1.29 is 13.3 Å². The summed E-state index contributed by atoms with van der Waals surface area (Å²) in [7, 11) is -3.49. The molecule has 7 nitrogen and oxygen atoms in total. The first kappa shape index (κ1) is 18.3. The van der Waals surface area contributed by atoms with Crippen LogP contribution >= 0.6 is 0 Å². The lowest BCUT2D eigenvalue weighted by Gasteiger charge is -2.35. The Morgan fingerprint density at radius 1 is 0.962 bits per heavy atom. The van der Waals surface area contributed by atoms with Crippen LogP contribution in [0.2, 0.25) is 0 Å². The summed E-state index contributed by atoms with van der Waals surface area (Å²) in [5.41, 5.74) is 2.01. The Morgan fingerprint density at radius 3 is 2.04 bits per heavy atom. The van der Waals surface area contributed by atoms with Crippen molar-refractivity contribution in [3.63, 3.8) is 0 Å². The van der Waals surface area contributed by atoms with Gasteiger partial charge in [-0.15, -0.1) is 0 Å². The molecule has 1 fully saturated rings. The monoisotopic (exact) mass is 375 g/mol. The van der Waals surface area contributed by atoms with Crippen molar-refractivity contribution in [2.75, 3.05) is 31.1 Å². The summed E-state index contributed by atoms with van der Waals surface area (Å²) in [5, 5.41) is 10.7. The third kappa shape index (κ3) is 3.71. The Hall–Kier alpha value is -2.45. The molecule has 3 rings (SSSR count). The predicted octanol–water partition coefficient (Wildman–Crippen LogP) is 2.67. The van der Waals surface area contributed by atoms with E-state index >= 15 is 0 Å². The zero-order valence-corrected chi connectivity index (χ0v) is 15.4. The van der Waals surface area contributed by atoms with Crippen LogP contribution < -0.4 is 4.90 Å². The smallest absolute Gasteiger partial charge is 0.269 e. The Labute approximate surface area is 153 Å². The number of hydrogen-bond donors (Lipinski definition) is 0. The summed E-state index contributed by atoms with van der Waals surface area (Å²) in [6.07, 6.45) is 0.869. The minimum atomic E-state index is -3.49. The van der Waals surface area contributed by atoms with Gasteiger partial charge in [0.1, 0.15) is 0 Å². The van der Waals surface area contributed by atoms with E-state index in [2.05, 4.69) is 0 Å². The third-order valence-electron chi connectivity index (χ3n) is 4.63.